The fraction of sp³-hybridized carbons (Fsp3) is 0.833. The maximum absolute atomic E-state index is 12.6. The van der Waals surface area contributed by atoms with Gasteiger partial charge in [0.05, 0.1) is 0 Å². The molecule has 0 amide bonds. The SMILES string of the molecule is CCCCN(CC1CCCN1)c1nnc(C(F)(F)F)s1. The summed E-state index contributed by atoms with van der Waals surface area (Å²) in [6.45, 7) is 4.47. The number of halogens is 3. The third-order valence-corrected chi connectivity index (χ3v) is 4.34. The van der Waals surface area contributed by atoms with Crippen molar-refractivity contribution in [3.8, 4) is 0 Å². The molecule has 4 nitrogen and oxygen atoms in total. The van der Waals surface area contributed by atoms with Crippen LogP contribution in [0.1, 0.15) is 37.6 Å². The number of anilines is 1. The van der Waals surface area contributed by atoms with Crippen molar-refractivity contribution in [1.29, 1.82) is 0 Å². The first-order valence-corrected chi connectivity index (χ1v) is 7.71. The molecule has 20 heavy (non-hydrogen) atoms. The fourth-order valence-electron chi connectivity index (χ4n) is 2.25. The van der Waals surface area contributed by atoms with E-state index < -0.39 is 11.2 Å². The van der Waals surface area contributed by atoms with Gasteiger partial charge in [0.25, 0.3) is 0 Å². The van der Waals surface area contributed by atoms with Crippen LogP contribution in [0.4, 0.5) is 18.3 Å². The molecule has 1 fully saturated rings. The predicted molar refractivity (Wildman–Crippen MR) is 73.1 cm³/mol. The molecule has 0 aromatic carbocycles. The van der Waals surface area contributed by atoms with Crippen LogP contribution < -0.4 is 10.2 Å². The van der Waals surface area contributed by atoms with Gasteiger partial charge in [-0.15, -0.1) is 10.2 Å². The third-order valence-electron chi connectivity index (χ3n) is 3.31. The van der Waals surface area contributed by atoms with Gasteiger partial charge < -0.3 is 10.2 Å². The number of nitrogens with one attached hydrogen (secondary N) is 1. The van der Waals surface area contributed by atoms with Crippen molar-refractivity contribution in [1.82, 2.24) is 15.5 Å². The Morgan fingerprint density at radius 3 is 2.75 bits per heavy atom. The summed E-state index contributed by atoms with van der Waals surface area (Å²) in [6, 6.07) is 0.338. The van der Waals surface area contributed by atoms with Crippen LogP contribution >= 0.6 is 11.3 Å². The highest BCUT2D eigenvalue weighted by atomic mass is 32.1. The normalized spacial score (nSPS) is 19.5. The van der Waals surface area contributed by atoms with Crippen LogP contribution in [0.2, 0.25) is 0 Å². The lowest BCUT2D eigenvalue weighted by atomic mass is 10.2. The molecule has 0 bridgehead atoms. The first-order chi connectivity index (χ1) is 9.50. The molecule has 114 valence electrons. The fourth-order valence-corrected chi connectivity index (χ4v) is 3.00. The molecule has 1 aliphatic rings. The standard InChI is InChI=1S/C12H19F3N4S/c1-2-3-7-19(8-9-5-4-6-16-9)11-18-17-10(20-11)12(13,14)15/h9,16H,2-8H2,1H3. The van der Waals surface area contributed by atoms with E-state index in [1.54, 1.807) is 0 Å². The van der Waals surface area contributed by atoms with Crippen molar-refractivity contribution in [3.63, 3.8) is 0 Å². The average molecular weight is 308 g/mol. The molecule has 1 saturated heterocycles. The quantitative estimate of drug-likeness (QED) is 0.877. The number of unbranched alkanes of at least 4 members (excludes halogenated alkanes) is 1. The van der Waals surface area contributed by atoms with Crippen molar-refractivity contribution in [2.24, 2.45) is 0 Å². The average Bonchev–Trinajstić information content (AvgIpc) is 3.04. The van der Waals surface area contributed by atoms with E-state index in [0.29, 0.717) is 29.1 Å². The first kappa shape index (κ1) is 15.5. The number of nitrogens with zero attached hydrogens (tertiary/aromatic N) is 3. The smallest absolute Gasteiger partial charge is 0.345 e. The van der Waals surface area contributed by atoms with E-state index in [9.17, 15) is 13.2 Å². The molecule has 0 spiro atoms. The van der Waals surface area contributed by atoms with E-state index in [0.717, 1.165) is 38.8 Å². The number of hydrogen-bond acceptors (Lipinski definition) is 5. The van der Waals surface area contributed by atoms with Crippen molar-refractivity contribution < 1.29 is 13.2 Å². The van der Waals surface area contributed by atoms with Crippen molar-refractivity contribution in [2.45, 2.75) is 44.8 Å². The van der Waals surface area contributed by atoms with Crippen molar-refractivity contribution in [2.75, 3.05) is 24.5 Å². The number of aromatic nitrogens is 2. The second kappa shape index (κ2) is 6.71. The molecule has 8 heteroatoms. The van der Waals surface area contributed by atoms with Crippen molar-refractivity contribution >= 4 is 16.5 Å². The second-order valence-corrected chi connectivity index (χ2v) is 5.94. The Morgan fingerprint density at radius 1 is 1.40 bits per heavy atom. The first-order valence-electron chi connectivity index (χ1n) is 6.89. The molecular formula is C12H19F3N4S. The molecule has 0 aliphatic carbocycles. The van der Waals surface area contributed by atoms with E-state index in [2.05, 4.69) is 22.4 Å². The Bertz CT molecular complexity index is 415. The van der Waals surface area contributed by atoms with Crippen LogP contribution in [0.3, 0.4) is 0 Å². The molecule has 2 rings (SSSR count). The molecule has 1 aromatic rings. The van der Waals surface area contributed by atoms with Crippen molar-refractivity contribution in [3.05, 3.63) is 5.01 Å². The lowest BCUT2D eigenvalue weighted by Gasteiger charge is -2.24. The molecule has 1 unspecified atom stereocenters. The Labute approximate surface area is 120 Å². The minimum absolute atomic E-state index is 0.338. The summed E-state index contributed by atoms with van der Waals surface area (Å²) < 4.78 is 37.8. The molecular weight excluding hydrogens is 289 g/mol. The Balaban J connectivity index is 2.06. The minimum atomic E-state index is -4.40. The highest BCUT2D eigenvalue weighted by Gasteiger charge is 2.36. The number of rotatable bonds is 6. The van der Waals surface area contributed by atoms with Gasteiger partial charge in [-0.2, -0.15) is 13.2 Å². The van der Waals surface area contributed by atoms with E-state index in [4.69, 9.17) is 0 Å². The van der Waals surface area contributed by atoms with Crippen LogP contribution in [0, 0.1) is 0 Å². The Hall–Kier alpha value is -0.890. The lowest BCUT2D eigenvalue weighted by molar-refractivity contribution is -0.138. The van der Waals surface area contributed by atoms with Gasteiger partial charge in [0, 0.05) is 19.1 Å². The molecule has 1 aliphatic heterocycles. The Morgan fingerprint density at radius 2 is 2.20 bits per heavy atom. The highest BCUT2D eigenvalue weighted by molar-refractivity contribution is 7.15. The van der Waals surface area contributed by atoms with Gasteiger partial charge in [-0.3, -0.25) is 0 Å². The van der Waals surface area contributed by atoms with Gasteiger partial charge >= 0.3 is 6.18 Å². The molecule has 1 aromatic heterocycles. The number of alkyl halides is 3. The summed E-state index contributed by atoms with van der Waals surface area (Å²) in [4.78, 5) is 1.93. The van der Waals surface area contributed by atoms with Crippen LogP contribution in [0.5, 0.6) is 0 Å². The third kappa shape index (κ3) is 4.05. The zero-order chi connectivity index (χ0) is 14.6. The maximum atomic E-state index is 12.6. The second-order valence-electron chi connectivity index (χ2n) is 4.98. The van der Waals surface area contributed by atoms with Gasteiger partial charge in [-0.1, -0.05) is 24.7 Å². The zero-order valence-corrected chi connectivity index (χ0v) is 12.2. The lowest BCUT2D eigenvalue weighted by Crippen LogP contribution is -2.38. The summed E-state index contributed by atoms with van der Waals surface area (Å²) in [7, 11) is 0. The van der Waals surface area contributed by atoms with E-state index in [1.165, 1.54) is 0 Å². The predicted octanol–water partition coefficient (Wildman–Crippen LogP) is 2.92. The summed E-state index contributed by atoms with van der Waals surface area (Å²) >= 11 is 0.633. The van der Waals surface area contributed by atoms with Gasteiger partial charge in [-0.25, -0.2) is 0 Å². The summed E-state index contributed by atoms with van der Waals surface area (Å²) in [5, 5.41) is 9.87. The van der Waals surface area contributed by atoms with E-state index >= 15 is 0 Å². The minimum Gasteiger partial charge on any atom is -0.345 e. The zero-order valence-electron chi connectivity index (χ0n) is 11.4. The Kier molecular flexibility index (Phi) is 5.20. The van der Waals surface area contributed by atoms with Crippen LogP contribution in [-0.4, -0.2) is 35.9 Å². The number of hydrogen-bond donors (Lipinski definition) is 1. The largest absolute Gasteiger partial charge is 0.445 e. The van der Waals surface area contributed by atoms with E-state index in [-0.39, 0.29) is 0 Å². The summed E-state index contributed by atoms with van der Waals surface area (Å²) in [5.41, 5.74) is 0. The van der Waals surface area contributed by atoms with E-state index in [1.807, 2.05) is 4.90 Å². The highest BCUT2D eigenvalue weighted by Crippen LogP contribution is 2.34. The van der Waals surface area contributed by atoms with Crippen LogP contribution in [0.15, 0.2) is 0 Å². The topological polar surface area (TPSA) is 41.0 Å². The maximum Gasteiger partial charge on any atom is 0.445 e. The monoisotopic (exact) mass is 308 g/mol. The summed E-state index contributed by atoms with van der Waals surface area (Å²) in [6.07, 6.45) is -0.283. The van der Waals surface area contributed by atoms with Crippen LogP contribution in [-0.2, 0) is 6.18 Å². The molecule has 0 radical (unpaired) electrons. The van der Waals surface area contributed by atoms with Gasteiger partial charge in [-0.05, 0) is 25.8 Å². The molecule has 1 N–H and O–H groups in total. The molecule has 0 saturated carbocycles. The molecule has 2 heterocycles. The van der Waals surface area contributed by atoms with Gasteiger partial charge in [0.2, 0.25) is 10.1 Å². The summed E-state index contributed by atoms with van der Waals surface area (Å²) in [5.74, 6) is 0. The van der Waals surface area contributed by atoms with Gasteiger partial charge in [0.15, 0.2) is 0 Å². The molecule has 1 atom stereocenters. The van der Waals surface area contributed by atoms with Gasteiger partial charge in [0.1, 0.15) is 0 Å². The van der Waals surface area contributed by atoms with Crippen LogP contribution in [0.25, 0.3) is 0 Å².